The van der Waals surface area contributed by atoms with E-state index in [1.165, 1.54) is 16.8 Å². The third kappa shape index (κ3) is 6.61. The van der Waals surface area contributed by atoms with E-state index in [1.54, 1.807) is 0 Å². The molecule has 1 N–H and O–H groups in total. The summed E-state index contributed by atoms with van der Waals surface area (Å²) in [7, 11) is 1.87. The number of nitrogens with zero attached hydrogens (tertiary/aromatic N) is 3. The summed E-state index contributed by atoms with van der Waals surface area (Å²) in [5, 5.41) is 3.49. The van der Waals surface area contributed by atoms with Crippen LogP contribution in [0.3, 0.4) is 0 Å². The number of rotatable bonds is 7. The molecule has 0 radical (unpaired) electrons. The molecule has 1 aromatic carbocycles. The average molecular weight is 474 g/mol. The molecule has 1 fully saturated rings. The highest BCUT2D eigenvalue weighted by Gasteiger charge is 2.20. The smallest absolute Gasteiger partial charge is 0.193 e. The number of anilines is 1. The lowest BCUT2D eigenvalue weighted by molar-refractivity contribution is 0.143. The third-order valence-corrected chi connectivity index (χ3v) is 4.91. The predicted octanol–water partition coefficient (Wildman–Crippen LogP) is 3.44. The zero-order valence-electron chi connectivity index (χ0n) is 16.8. The minimum absolute atomic E-state index is 0. The van der Waals surface area contributed by atoms with Gasteiger partial charge in [-0.1, -0.05) is 12.1 Å². The Bertz CT molecular complexity index is 557. The highest BCUT2D eigenvalue weighted by molar-refractivity contribution is 14.0. The number of piperazine rings is 1. The summed E-state index contributed by atoms with van der Waals surface area (Å²) < 4.78 is 5.38. The number of hydrogen-bond acceptors (Lipinski definition) is 3. The number of unbranched alkanes of at least 4 members (excludes halogenated alkanes) is 1. The molecule has 1 heterocycles. The van der Waals surface area contributed by atoms with Crippen molar-refractivity contribution in [3.05, 3.63) is 29.3 Å². The molecule has 0 amide bonds. The van der Waals surface area contributed by atoms with Gasteiger partial charge in [-0.3, -0.25) is 4.99 Å². The zero-order valence-corrected chi connectivity index (χ0v) is 19.1. The van der Waals surface area contributed by atoms with E-state index in [0.29, 0.717) is 0 Å². The van der Waals surface area contributed by atoms with Crippen molar-refractivity contribution >= 4 is 35.6 Å². The van der Waals surface area contributed by atoms with Crippen LogP contribution in [0.4, 0.5) is 5.69 Å². The summed E-state index contributed by atoms with van der Waals surface area (Å²) in [4.78, 5) is 9.32. The van der Waals surface area contributed by atoms with Crippen molar-refractivity contribution in [2.24, 2.45) is 4.99 Å². The Labute approximate surface area is 176 Å². The van der Waals surface area contributed by atoms with Crippen molar-refractivity contribution in [3.8, 4) is 0 Å². The number of benzene rings is 1. The maximum Gasteiger partial charge on any atom is 0.193 e. The van der Waals surface area contributed by atoms with Crippen molar-refractivity contribution in [2.75, 3.05) is 57.9 Å². The summed E-state index contributed by atoms with van der Waals surface area (Å²) in [6.07, 6.45) is 2.21. The normalized spacial score (nSPS) is 15.0. The Morgan fingerprint density at radius 2 is 1.88 bits per heavy atom. The largest absolute Gasteiger partial charge is 0.382 e. The fraction of sp³-hybridized carbons (Fsp3) is 0.650. The molecule has 6 heteroatoms. The zero-order chi connectivity index (χ0) is 18.1. The Morgan fingerprint density at radius 1 is 1.15 bits per heavy atom. The van der Waals surface area contributed by atoms with Crippen molar-refractivity contribution in [3.63, 3.8) is 0 Å². The number of ether oxygens (including phenoxy) is 1. The molecule has 0 saturated carbocycles. The lowest BCUT2D eigenvalue weighted by atomic mass is 10.1. The number of aliphatic imine (C=N–C) groups is 1. The van der Waals surface area contributed by atoms with Crippen LogP contribution in [0, 0.1) is 13.8 Å². The molecule has 1 aliphatic heterocycles. The molecular weight excluding hydrogens is 439 g/mol. The van der Waals surface area contributed by atoms with Gasteiger partial charge in [-0.2, -0.15) is 0 Å². The third-order valence-electron chi connectivity index (χ3n) is 4.91. The Morgan fingerprint density at radius 3 is 2.54 bits per heavy atom. The van der Waals surface area contributed by atoms with Gasteiger partial charge in [-0.05, 0) is 50.8 Å². The number of nitrogens with one attached hydrogen (secondary N) is 1. The first-order chi connectivity index (χ1) is 12.2. The van der Waals surface area contributed by atoms with Crippen LogP contribution in [0.2, 0.25) is 0 Å². The second-order valence-corrected chi connectivity index (χ2v) is 6.57. The van der Waals surface area contributed by atoms with Gasteiger partial charge in [-0.25, -0.2) is 0 Å². The standard InChI is InChI=1S/C20H34N4O.HI/c1-5-25-16-7-6-11-22-20(21-4)24-14-12-23(13-15-24)19-10-8-9-17(2)18(19)3;/h8-10H,5-7,11-16H2,1-4H3,(H,21,22);1H. The average Bonchev–Trinajstić information content (AvgIpc) is 2.64. The molecule has 5 nitrogen and oxygen atoms in total. The van der Waals surface area contributed by atoms with Gasteiger partial charge in [0, 0.05) is 58.7 Å². The number of halogens is 1. The highest BCUT2D eigenvalue weighted by Crippen LogP contribution is 2.23. The summed E-state index contributed by atoms with van der Waals surface area (Å²) in [5.74, 6) is 1.03. The van der Waals surface area contributed by atoms with E-state index in [2.05, 4.69) is 52.2 Å². The SMILES string of the molecule is CCOCCCCNC(=NC)N1CCN(c2cccc(C)c2C)CC1.I. The molecule has 148 valence electrons. The van der Waals surface area contributed by atoms with Crippen LogP contribution in [-0.4, -0.2) is 63.8 Å². The Balaban J connectivity index is 0.00000338. The van der Waals surface area contributed by atoms with Crippen LogP contribution in [0.1, 0.15) is 30.9 Å². The molecular formula is C20H35IN4O. The van der Waals surface area contributed by atoms with Crippen LogP contribution >= 0.6 is 24.0 Å². The topological polar surface area (TPSA) is 40.1 Å². The first-order valence-corrected chi connectivity index (χ1v) is 9.51. The Hall–Kier alpha value is -1.02. The van der Waals surface area contributed by atoms with E-state index in [0.717, 1.165) is 64.7 Å². The lowest BCUT2D eigenvalue weighted by Crippen LogP contribution is -2.52. The maximum absolute atomic E-state index is 5.38. The summed E-state index contributed by atoms with van der Waals surface area (Å²) in [5.41, 5.74) is 4.13. The molecule has 2 rings (SSSR count). The van der Waals surface area contributed by atoms with Crippen molar-refractivity contribution in [1.82, 2.24) is 10.2 Å². The molecule has 0 bridgehead atoms. The molecule has 0 unspecified atom stereocenters. The number of aryl methyl sites for hydroxylation is 1. The van der Waals surface area contributed by atoms with Crippen LogP contribution in [0.15, 0.2) is 23.2 Å². The number of hydrogen-bond donors (Lipinski definition) is 1. The molecule has 1 aromatic rings. The van der Waals surface area contributed by atoms with Gasteiger partial charge in [0.15, 0.2) is 5.96 Å². The molecule has 0 atom stereocenters. The van der Waals surface area contributed by atoms with E-state index in [9.17, 15) is 0 Å². The molecule has 1 saturated heterocycles. The van der Waals surface area contributed by atoms with Crippen molar-refractivity contribution < 1.29 is 4.74 Å². The molecule has 1 aliphatic rings. The van der Waals surface area contributed by atoms with E-state index < -0.39 is 0 Å². The van der Waals surface area contributed by atoms with Gasteiger partial charge in [0.1, 0.15) is 0 Å². The molecule has 0 aliphatic carbocycles. The summed E-state index contributed by atoms with van der Waals surface area (Å²) in [6, 6.07) is 6.59. The summed E-state index contributed by atoms with van der Waals surface area (Å²) in [6.45, 7) is 13.1. The predicted molar refractivity (Wildman–Crippen MR) is 122 cm³/mol. The molecule has 0 spiro atoms. The minimum Gasteiger partial charge on any atom is -0.382 e. The highest BCUT2D eigenvalue weighted by atomic mass is 127. The van der Waals surface area contributed by atoms with Crippen LogP contribution < -0.4 is 10.2 Å². The Kier molecular flexibility index (Phi) is 11.0. The fourth-order valence-corrected chi connectivity index (χ4v) is 3.24. The van der Waals surface area contributed by atoms with Gasteiger partial charge in [0.25, 0.3) is 0 Å². The van der Waals surface area contributed by atoms with Gasteiger partial charge in [0.2, 0.25) is 0 Å². The minimum atomic E-state index is 0. The van der Waals surface area contributed by atoms with Crippen molar-refractivity contribution in [1.29, 1.82) is 0 Å². The van der Waals surface area contributed by atoms with E-state index >= 15 is 0 Å². The summed E-state index contributed by atoms with van der Waals surface area (Å²) >= 11 is 0. The van der Waals surface area contributed by atoms with E-state index in [4.69, 9.17) is 4.74 Å². The lowest BCUT2D eigenvalue weighted by Gasteiger charge is -2.38. The maximum atomic E-state index is 5.38. The van der Waals surface area contributed by atoms with Crippen LogP contribution in [0.5, 0.6) is 0 Å². The van der Waals surface area contributed by atoms with Gasteiger partial charge in [-0.15, -0.1) is 24.0 Å². The van der Waals surface area contributed by atoms with Gasteiger partial charge >= 0.3 is 0 Å². The number of guanidine groups is 1. The van der Waals surface area contributed by atoms with Crippen LogP contribution in [-0.2, 0) is 4.74 Å². The first kappa shape index (κ1) is 23.0. The molecule has 0 aromatic heterocycles. The second kappa shape index (κ2) is 12.4. The van der Waals surface area contributed by atoms with Crippen LogP contribution in [0.25, 0.3) is 0 Å². The van der Waals surface area contributed by atoms with Gasteiger partial charge < -0.3 is 19.9 Å². The molecule has 26 heavy (non-hydrogen) atoms. The fourth-order valence-electron chi connectivity index (χ4n) is 3.24. The first-order valence-electron chi connectivity index (χ1n) is 9.51. The van der Waals surface area contributed by atoms with E-state index in [-0.39, 0.29) is 24.0 Å². The second-order valence-electron chi connectivity index (χ2n) is 6.57. The quantitative estimate of drug-likeness (QED) is 0.285. The van der Waals surface area contributed by atoms with Gasteiger partial charge in [0.05, 0.1) is 0 Å². The monoisotopic (exact) mass is 474 g/mol. The van der Waals surface area contributed by atoms with Crippen molar-refractivity contribution in [2.45, 2.75) is 33.6 Å². The van der Waals surface area contributed by atoms with E-state index in [1.807, 2.05) is 14.0 Å².